The summed E-state index contributed by atoms with van der Waals surface area (Å²) in [5.74, 6) is 0.423. The summed E-state index contributed by atoms with van der Waals surface area (Å²) in [6.07, 6.45) is 20.5. The van der Waals surface area contributed by atoms with Crippen molar-refractivity contribution in [2.75, 3.05) is 0 Å². The van der Waals surface area contributed by atoms with Crippen molar-refractivity contribution in [3.63, 3.8) is 0 Å². The first kappa shape index (κ1) is 21.0. The standard InChI is InChI=1S/C20H42O/c1-4-5-6-7-8-9-10-11-12-13-14-15-16-17-18-20(21)19(2)3/h19-21H,4-18H2,1-3H3/t20-/m0/s1. The molecule has 0 aromatic heterocycles. The molecule has 1 atom stereocenters. The van der Waals surface area contributed by atoms with Crippen LogP contribution in [0.3, 0.4) is 0 Å². The van der Waals surface area contributed by atoms with Gasteiger partial charge in [0.25, 0.3) is 0 Å². The molecule has 0 rings (SSSR count). The minimum absolute atomic E-state index is 0.0812. The van der Waals surface area contributed by atoms with Gasteiger partial charge in [0.05, 0.1) is 6.10 Å². The summed E-state index contributed by atoms with van der Waals surface area (Å²) in [5, 5.41) is 9.72. The maximum Gasteiger partial charge on any atom is 0.0563 e. The summed E-state index contributed by atoms with van der Waals surface area (Å²) < 4.78 is 0. The van der Waals surface area contributed by atoms with Gasteiger partial charge in [0.15, 0.2) is 0 Å². The molecule has 0 aliphatic heterocycles. The third-order valence-corrected chi connectivity index (χ3v) is 4.62. The molecule has 1 N–H and O–H groups in total. The van der Waals surface area contributed by atoms with Gasteiger partial charge in [0, 0.05) is 0 Å². The summed E-state index contributed by atoms with van der Waals surface area (Å²) in [4.78, 5) is 0. The first-order valence-corrected chi connectivity index (χ1v) is 9.86. The molecule has 1 heteroatoms. The van der Waals surface area contributed by atoms with E-state index in [4.69, 9.17) is 0 Å². The van der Waals surface area contributed by atoms with Crippen LogP contribution in [-0.2, 0) is 0 Å². The Morgan fingerprint density at radius 2 is 0.905 bits per heavy atom. The van der Waals surface area contributed by atoms with E-state index in [9.17, 15) is 5.11 Å². The lowest BCUT2D eigenvalue weighted by molar-refractivity contribution is 0.113. The highest BCUT2D eigenvalue weighted by molar-refractivity contribution is 4.59. The number of hydrogen-bond acceptors (Lipinski definition) is 1. The first-order valence-electron chi connectivity index (χ1n) is 9.86. The van der Waals surface area contributed by atoms with E-state index in [2.05, 4.69) is 20.8 Å². The number of rotatable bonds is 16. The average Bonchev–Trinajstić information content (AvgIpc) is 2.47. The number of aliphatic hydroxyl groups excluding tert-OH is 1. The highest BCUT2D eigenvalue weighted by Crippen LogP contribution is 2.15. The summed E-state index contributed by atoms with van der Waals surface area (Å²) in [5.41, 5.74) is 0. The van der Waals surface area contributed by atoms with E-state index >= 15 is 0 Å². The predicted molar refractivity (Wildman–Crippen MR) is 95.8 cm³/mol. The number of hydrogen-bond donors (Lipinski definition) is 1. The molecule has 0 aliphatic carbocycles. The number of unbranched alkanes of at least 4 members (excludes halogenated alkanes) is 13. The van der Waals surface area contributed by atoms with Crippen molar-refractivity contribution in [2.45, 2.75) is 123 Å². The molecule has 0 spiro atoms. The van der Waals surface area contributed by atoms with E-state index < -0.39 is 0 Å². The Kier molecular flexibility index (Phi) is 16.3. The van der Waals surface area contributed by atoms with E-state index in [1.54, 1.807) is 0 Å². The van der Waals surface area contributed by atoms with Gasteiger partial charge < -0.3 is 5.11 Å². The second-order valence-corrected chi connectivity index (χ2v) is 7.20. The van der Waals surface area contributed by atoms with Crippen LogP contribution in [0.2, 0.25) is 0 Å². The Labute approximate surface area is 134 Å². The Bertz CT molecular complexity index is 188. The van der Waals surface area contributed by atoms with Gasteiger partial charge in [-0.1, -0.05) is 111 Å². The zero-order chi connectivity index (χ0) is 15.8. The lowest BCUT2D eigenvalue weighted by Gasteiger charge is -2.13. The fraction of sp³-hybridized carbons (Fsp3) is 1.00. The van der Waals surface area contributed by atoms with Crippen molar-refractivity contribution in [2.24, 2.45) is 5.92 Å². The Morgan fingerprint density at radius 3 is 1.24 bits per heavy atom. The lowest BCUT2D eigenvalue weighted by atomic mass is 10.00. The average molecular weight is 299 g/mol. The molecule has 0 aliphatic rings. The quantitative estimate of drug-likeness (QED) is 0.308. The van der Waals surface area contributed by atoms with Crippen LogP contribution < -0.4 is 0 Å². The van der Waals surface area contributed by atoms with Gasteiger partial charge in [-0.25, -0.2) is 0 Å². The lowest BCUT2D eigenvalue weighted by Crippen LogP contribution is -2.13. The van der Waals surface area contributed by atoms with E-state index in [-0.39, 0.29) is 6.10 Å². The number of aliphatic hydroxyl groups is 1. The Morgan fingerprint density at radius 1 is 0.571 bits per heavy atom. The van der Waals surface area contributed by atoms with Crippen LogP contribution >= 0.6 is 0 Å². The van der Waals surface area contributed by atoms with E-state index in [0.717, 1.165) is 6.42 Å². The van der Waals surface area contributed by atoms with Gasteiger partial charge >= 0.3 is 0 Å². The second kappa shape index (κ2) is 16.3. The van der Waals surface area contributed by atoms with Crippen LogP contribution in [-0.4, -0.2) is 11.2 Å². The van der Waals surface area contributed by atoms with E-state index in [1.165, 1.54) is 89.9 Å². The fourth-order valence-corrected chi connectivity index (χ4v) is 2.88. The summed E-state index contributed by atoms with van der Waals surface area (Å²) in [6.45, 7) is 6.50. The van der Waals surface area contributed by atoms with Crippen LogP contribution in [0.15, 0.2) is 0 Å². The van der Waals surface area contributed by atoms with Crippen molar-refractivity contribution < 1.29 is 5.11 Å². The molecular formula is C20H42O. The third-order valence-electron chi connectivity index (χ3n) is 4.62. The van der Waals surface area contributed by atoms with Gasteiger partial charge in [-0.2, -0.15) is 0 Å². The molecule has 0 bridgehead atoms. The zero-order valence-corrected chi connectivity index (χ0v) is 15.2. The highest BCUT2D eigenvalue weighted by Gasteiger charge is 2.07. The Balaban J connectivity index is 3.03. The normalized spacial score (nSPS) is 13.0. The van der Waals surface area contributed by atoms with E-state index in [0.29, 0.717) is 5.92 Å². The monoisotopic (exact) mass is 298 g/mol. The highest BCUT2D eigenvalue weighted by atomic mass is 16.3. The largest absolute Gasteiger partial charge is 0.393 e. The predicted octanol–water partition coefficient (Wildman–Crippen LogP) is 6.87. The smallest absolute Gasteiger partial charge is 0.0563 e. The summed E-state index contributed by atoms with van der Waals surface area (Å²) >= 11 is 0. The molecule has 0 radical (unpaired) electrons. The van der Waals surface area contributed by atoms with Crippen LogP contribution in [0.1, 0.15) is 117 Å². The minimum Gasteiger partial charge on any atom is -0.393 e. The van der Waals surface area contributed by atoms with Crippen LogP contribution in [0.4, 0.5) is 0 Å². The maximum atomic E-state index is 9.72. The van der Waals surface area contributed by atoms with Crippen molar-refractivity contribution in [1.82, 2.24) is 0 Å². The molecule has 0 saturated heterocycles. The van der Waals surface area contributed by atoms with Crippen LogP contribution in [0.25, 0.3) is 0 Å². The minimum atomic E-state index is -0.0812. The molecule has 1 nitrogen and oxygen atoms in total. The van der Waals surface area contributed by atoms with Gasteiger partial charge in [-0.05, 0) is 12.3 Å². The topological polar surface area (TPSA) is 20.2 Å². The molecule has 0 heterocycles. The molecule has 0 amide bonds. The fourth-order valence-electron chi connectivity index (χ4n) is 2.88. The van der Waals surface area contributed by atoms with E-state index in [1.807, 2.05) is 0 Å². The van der Waals surface area contributed by atoms with Crippen molar-refractivity contribution in [3.8, 4) is 0 Å². The molecule has 0 unspecified atom stereocenters. The van der Waals surface area contributed by atoms with Crippen LogP contribution in [0.5, 0.6) is 0 Å². The van der Waals surface area contributed by atoms with Gasteiger partial charge in [0.2, 0.25) is 0 Å². The molecule has 0 fully saturated rings. The second-order valence-electron chi connectivity index (χ2n) is 7.20. The summed E-state index contributed by atoms with van der Waals surface area (Å²) in [7, 11) is 0. The molecule has 21 heavy (non-hydrogen) atoms. The Hall–Kier alpha value is -0.0400. The molecule has 128 valence electrons. The van der Waals surface area contributed by atoms with Gasteiger partial charge in [0.1, 0.15) is 0 Å². The maximum absolute atomic E-state index is 9.72. The molecule has 0 aromatic carbocycles. The first-order chi connectivity index (χ1) is 10.2. The van der Waals surface area contributed by atoms with Crippen molar-refractivity contribution >= 4 is 0 Å². The van der Waals surface area contributed by atoms with Crippen LogP contribution in [0, 0.1) is 5.92 Å². The van der Waals surface area contributed by atoms with Crippen molar-refractivity contribution in [1.29, 1.82) is 0 Å². The third kappa shape index (κ3) is 16.2. The summed E-state index contributed by atoms with van der Waals surface area (Å²) in [6, 6.07) is 0. The van der Waals surface area contributed by atoms with Gasteiger partial charge in [-0.3, -0.25) is 0 Å². The molecule has 0 aromatic rings. The molecule has 0 saturated carbocycles. The van der Waals surface area contributed by atoms with Gasteiger partial charge in [-0.15, -0.1) is 0 Å². The zero-order valence-electron chi connectivity index (χ0n) is 15.2. The van der Waals surface area contributed by atoms with Crippen molar-refractivity contribution in [3.05, 3.63) is 0 Å². The SMILES string of the molecule is CCCCCCCCCCCCCCCC[C@H](O)C(C)C. The molecular weight excluding hydrogens is 256 g/mol.